The number of amides is 1. The molecule has 0 bridgehead atoms. The Bertz CT molecular complexity index is 995. The second kappa shape index (κ2) is 7.77. The van der Waals surface area contributed by atoms with Crippen LogP contribution in [0, 0.1) is 0 Å². The topological polar surface area (TPSA) is 99.0 Å². The lowest BCUT2D eigenvalue weighted by Gasteiger charge is -2.07. The molecule has 27 heavy (non-hydrogen) atoms. The third-order valence-electron chi connectivity index (χ3n) is 4.15. The van der Waals surface area contributed by atoms with E-state index >= 15 is 0 Å². The summed E-state index contributed by atoms with van der Waals surface area (Å²) in [5.41, 5.74) is 1.15. The van der Waals surface area contributed by atoms with E-state index in [-0.39, 0.29) is 24.1 Å². The molecule has 138 valence electrons. The van der Waals surface area contributed by atoms with Gasteiger partial charge in [-0.25, -0.2) is 4.98 Å². The Morgan fingerprint density at radius 1 is 1.30 bits per heavy atom. The average Bonchev–Trinajstić information content (AvgIpc) is 3.36. The van der Waals surface area contributed by atoms with E-state index in [9.17, 15) is 9.59 Å². The highest BCUT2D eigenvalue weighted by atomic mass is 32.1. The Hall–Kier alpha value is -2.91. The number of rotatable bonds is 5. The van der Waals surface area contributed by atoms with Crippen molar-refractivity contribution in [3.8, 4) is 11.3 Å². The van der Waals surface area contributed by atoms with E-state index < -0.39 is 0 Å². The van der Waals surface area contributed by atoms with Gasteiger partial charge in [0.1, 0.15) is 17.7 Å². The van der Waals surface area contributed by atoms with Crippen molar-refractivity contribution in [2.24, 2.45) is 0 Å². The van der Waals surface area contributed by atoms with Crippen LogP contribution >= 0.6 is 11.3 Å². The number of benzene rings is 1. The maximum absolute atomic E-state index is 12.3. The van der Waals surface area contributed by atoms with E-state index in [2.05, 4.69) is 20.5 Å². The minimum Gasteiger partial charge on any atom is -0.371 e. The third kappa shape index (κ3) is 4.09. The second-order valence-corrected chi connectivity index (χ2v) is 7.11. The van der Waals surface area contributed by atoms with Crippen LogP contribution in [0.4, 0.5) is 5.13 Å². The molecule has 0 radical (unpaired) electrons. The minimum atomic E-state index is -0.350. The van der Waals surface area contributed by atoms with E-state index in [4.69, 9.17) is 4.74 Å². The maximum atomic E-state index is 12.3. The molecule has 1 aliphatic rings. The van der Waals surface area contributed by atoms with Gasteiger partial charge in [-0.2, -0.15) is 0 Å². The molecule has 1 atom stereocenters. The zero-order valence-electron chi connectivity index (χ0n) is 14.4. The average molecular weight is 383 g/mol. The van der Waals surface area contributed by atoms with Crippen LogP contribution in [0.3, 0.4) is 0 Å². The fraction of sp³-hybridized carbons (Fsp3) is 0.278. The molecule has 3 aromatic rings. The Balaban J connectivity index is 1.46. The van der Waals surface area contributed by atoms with Crippen molar-refractivity contribution < 1.29 is 9.53 Å². The first-order valence-corrected chi connectivity index (χ1v) is 9.37. The van der Waals surface area contributed by atoms with Gasteiger partial charge in [0, 0.05) is 18.4 Å². The standard InChI is InChI=1S/C18H17N5O3S/c24-15(20-18-22-21-17(27-18)14-7-4-8-26-14)11-23-10-13(19-9-16(23)25)12-5-2-1-3-6-12/h1-3,5-6,9-10,14H,4,7-8,11H2,(H,20,22,24)/t14-/m0/s1. The van der Waals surface area contributed by atoms with Crippen LogP contribution in [0.1, 0.15) is 24.0 Å². The first-order chi connectivity index (χ1) is 13.2. The lowest BCUT2D eigenvalue weighted by Crippen LogP contribution is -2.27. The summed E-state index contributed by atoms with van der Waals surface area (Å²) >= 11 is 1.29. The predicted octanol–water partition coefficient (Wildman–Crippen LogP) is 2.25. The predicted molar refractivity (Wildman–Crippen MR) is 100 cm³/mol. The molecular weight excluding hydrogens is 366 g/mol. The lowest BCUT2D eigenvalue weighted by molar-refractivity contribution is -0.116. The van der Waals surface area contributed by atoms with Crippen molar-refractivity contribution >= 4 is 22.4 Å². The number of carbonyl (C=O) groups excluding carboxylic acids is 1. The molecule has 1 N–H and O–H groups in total. The summed E-state index contributed by atoms with van der Waals surface area (Å²) in [7, 11) is 0. The molecule has 1 saturated heterocycles. The first kappa shape index (κ1) is 17.5. The molecule has 0 saturated carbocycles. The molecule has 2 aromatic heterocycles. The van der Waals surface area contributed by atoms with Crippen LogP contribution in [0.2, 0.25) is 0 Å². The number of aromatic nitrogens is 4. The van der Waals surface area contributed by atoms with Crippen molar-refractivity contribution in [3.63, 3.8) is 0 Å². The van der Waals surface area contributed by atoms with Crippen molar-refractivity contribution in [2.75, 3.05) is 11.9 Å². The molecule has 1 amide bonds. The number of hydrogen-bond donors (Lipinski definition) is 1. The first-order valence-electron chi connectivity index (χ1n) is 8.56. The number of anilines is 1. The highest BCUT2D eigenvalue weighted by Gasteiger charge is 2.22. The molecule has 0 aliphatic carbocycles. The Morgan fingerprint density at radius 3 is 2.93 bits per heavy atom. The largest absolute Gasteiger partial charge is 0.371 e. The van der Waals surface area contributed by atoms with E-state index in [1.807, 2.05) is 30.3 Å². The summed E-state index contributed by atoms with van der Waals surface area (Å²) < 4.78 is 6.89. The van der Waals surface area contributed by atoms with Crippen LogP contribution in [0.25, 0.3) is 11.3 Å². The smallest absolute Gasteiger partial charge is 0.269 e. The Labute approximate surface area is 158 Å². The number of hydrogen-bond acceptors (Lipinski definition) is 7. The van der Waals surface area contributed by atoms with Gasteiger partial charge in [0.15, 0.2) is 0 Å². The quantitative estimate of drug-likeness (QED) is 0.725. The molecule has 1 aromatic carbocycles. The summed E-state index contributed by atoms with van der Waals surface area (Å²) in [5.74, 6) is -0.350. The zero-order chi connectivity index (χ0) is 18.6. The fourth-order valence-corrected chi connectivity index (χ4v) is 3.67. The van der Waals surface area contributed by atoms with Crippen molar-refractivity contribution in [1.29, 1.82) is 0 Å². The SMILES string of the molecule is O=C(Cn1cc(-c2ccccc2)ncc1=O)Nc1nnc([C@@H]2CCCO2)s1. The van der Waals surface area contributed by atoms with Gasteiger partial charge >= 0.3 is 0 Å². The van der Waals surface area contributed by atoms with Gasteiger partial charge < -0.3 is 9.30 Å². The summed E-state index contributed by atoms with van der Waals surface area (Å²) in [4.78, 5) is 28.5. The minimum absolute atomic E-state index is 0.0376. The van der Waals surface area contributed by atoms with Gasteiger partial charge in [0.2, 0.25) is 11.0 Å². The molecule has 0 unspecified atom stereocenters. The second-order valence-electron chi connectivity index (χ2n) is 6.10. The molecule has 9 heteroatoms. The molecule has 3 heterocycles. The van der Waals surface area contributed by atoms with Gasteiger partial charge in [0.25, 0.3) is 5.56 Å². The highest BCUT2D eigenvalue weighted by molar-refractivity contribution is 7.15. The summed E-state index contributed by atoms with van der Waals surface area (Å²) in [6.45, 7) is 0.594. The van der Waals surface area contributed by atoms with Crippen LogP contribution in [0.5, 0.6) is 0 Å². The van der Waals surface area contributed by atoms with Gasteiger partial charge in [-0.1, -0.05) is 41.7 Å². The molecule has 4 rings (SSSR count). The monoisotopic (exact) mass is 383 g/mol. The molecule has 1 fully saturated rings. The van der Waals surface area contributed by atoms with Crippen LogP contribution in [-0.2, 0) is 16.1 Å². The lowest BCUT2D eigenvalue weighted by atomic mass is 10.2. The normalized spacial score (nSPS) is 16.4. The van der Waals surface area contributed by atoms with Crippen molar-refractivity contribution in [1.82, 2.24) is 19.7 Å². The zero-order valence-corrected chi connectivity index (χ0v) is 15.2. The summed E-state index contributed by atoms with van der Waals surface area (Å²) in [5, 5.41) is 11.9. The van der Waals surface area contributed by atoms with Crippen LogP contribution in [-0.4, -0.2) is 32.3 Å². The Morgan fingerprint density at radius 2 is 2.15 bits per heavy atom. The van der Waals surface area contributed by atoms with Gasteiger partial charge in [0.05, 0.1) is 11.9 Å². The van der Waals surface area contributed by atoms with Crippen LogP contribution in [0.15, 0.2) is 47.5 Å². The fourth-order valence-electron chi connectivity index (χ4n) is 2.83. The van der Waals surface area contributed by atoms with E-state index in [0.29, 0.717) is 10.8 Å². The highest BCUT2D eigenvalue weighted by Crippen LogP contribution is 2.31. The van der Waals surface area contributed by atoms with E-state index in [1.54, 1.807) is 6.20 Å². The number of nitrogens with zero attached hydrogens (tertiary/aromatic N) is 4. The molecule has 1 aliphatic heterocycles. The molecule has 8 nitrogen and oxygen atoms in total. The maximum Gasteiger partial charge on any atom is 0.269 e. The van der Waals surface area contributed by atoms with E-state index in [1.165, 1.54) is 22.1 Å². The summed E-state index contributed by atoms with van der Waals surface area (Å²) in [6.07, 6.45) is 4.67. The van der Waals surface area contributed by atoms with Crippen molar-refractivity contribution in [2.45, 2.75) is 25.5 Å². The van der Waals surface area contributed by atoms with Crippen LogP contribution < -0.4 is 10.9 Å². The number of carbonyl (C=O) groups is 1. The third-order valence-corrected chi connectivity index (χ3v) is 5.08. The number of nitrogens with one attached hydrogen (secondary N) is 1. The number of ether oxygens (including phenoxy) is 1. The molecular formula is C18H17N5O3S. The van der Waals surface area contributed by atoms with Gasteiger partial charge in [-0.3, -0.25) is 14.9 Å². The van der Waals surface area contributed by atoms with Crippen molar-refractivity contribution in [3.05, 3.63) is 58.1 Å². The van der Waals surface area contributed by atoms with E-state index in [0.717, 1.165) is 30.0 Å². The van der Waals surface area contributed by atoms with Gasteiger partial charge in [-0.15, -0.1) is 10.2 Å². The van der Waals surface area contributed by atoms with Gasteiger partial charge in [-0.05, 0) is 12.8 Å². The molecule has 0 spiro atoms. The summed E-state index contributed by atoms with van der Waals surface area (Å²) in [6, 6.07) is 9.47. The Kier molecular flexibility index (Phi) is 5.03.